The molecule has 1 aliphatic heterocycles. The van der Waals surface area contributed by atoms with Crippen molar-refractivity contribution in [3.05, 3.63) is 40.4 Å². The Kier molecular flexibility index (Phi) is 3.12. The van der Waals surface area contributed by atoms with E-state index in [1.54, 1.807) is 23.2 Å². The first kappa shape index (κ1) is 14.7. The Morgan fingerprint density at radius 2 is 2.21 bits per heavy atom. The van der Waals surface area contributed by atoms with Crippen molar-refractivity contribution < 1.29 is 14.1 Å². The Morgan fingerprint density at radius 3 is 2.83 bits per heavy atom. The molecular formula is C15H15N5O4. The molecule has 2 aliphatic rings. The van der Waals surface area contributed by atoms with Crippen molar-refractivity contribution in [2.75, 3.05) is 13.1 Å². The number of aromatic nitrogens is 3. The Labute approximate surface area is 136 Å². The van der Waals surface area contributed by atoms with Crippen LogP contribution >= 0.6 is 0 Å². The Balaban J connectivity index is 1.43. The van der Waals surface area contributed by atoms with E-state index in [4.69, 9.17) is 4.42 Å². The van der Waals surface area contributed by atoms with Gasteiger partial charge in [0.25, 0.3) is 5.89 Å². The van der Waals surface area contributed by atoms with Crippen molar-refractivity contribution >= 4 is 5.91 Å². The van der Waals surface area contributed by atoms with Crippen LogP contribution < -0.4 is 0 Å². The number of likely N-dealkylation sites (tertiary alicyclic amines) is 1. The normalized spacial score (nSPS) is 24.3. The fourth-order valence-corrected chi connectivity index (χ4v) is 3.06. The van der Waals surface area contributed by atoms with E-state index in [1.165, 1.54) is 0 Å². The number of carbonyl (C=O) groups excluding carboxylic acids is 1. The summed E-state index contributed by atoms with van der Waals surface area (Å²) in [6, 6.07) is 4.69. The molecule has 2 fully saturated rings. The molecule has 3 heterocycles. The molecule has 2 aromatic rings. The highest BCUT2D eigenvalue weighted by molar-refractivity contribution is 5.83. The first-order valence-electron chi connectivity index (χ1n) is 7.66. The highest BCUT2D eigenvalue weighted by Crippen LogP contribution is 2.40. The zero-order valence-corrected chi connectivity index (χ0v) is 13.0. The topological polar surface area (TPSA) is 115 Å². The monoisotopic (exact) mass is 329 g/mol. The van der Waals surface area contributed by atoms with Crippen LogP contribution in [0.25, 0.3) is 11.6 Å². The van der Waals surface area contributed by atoms with Gasteiger partial charge in [0.1, 0.15) is 11.6 Å². The summed E-state index contributed by atoms with van der Waals surface area (Å²) < 4.78 is 5.71. The molecule has 0 radical (unpaired) electrons. The van der Waals surface area contributed by atoms with Gasteiger partial charge < -0.3 is 9.32 Å². The summed E-state index contributed by atoms with van der Waals surface area (Å²) in [7, 11) is 0. The molecule has 1 saturated carbocycles. The minimum absolute atomic E-state index is 0.154. The van der Waals surface area contributed by atoms with E-state index in [-0.39, 0.29) is 10.8 Å². The quantitative estimate of drug-likeness (QED) is 0.604. The Morgan fingerprint density at radius 1 is 1.42 bits per heavy atom. The van der Waals surface area contributed by atoms with Gasteiger partial charge >= 0.3 is 0 Å². The fraction of sp³-hybridized carbons (Fsp3) is 0.467. The van der Waals surface area contributed by atoms with E-state index in [2.05, 4.69) is 15.2 Å². The molecule has 124 valence electrons. The number of hydrogen-bond acceptors (Lipinski definition) is 7. The van der Waals surface area contributed by atoms with E-state index >= 15 is 0 Å². The lowest BCUT2D eigenvalue weighted by Gasteiger charge is -2.45. The van der Waals surface area contributed by atoms with Crippen molar-refractivity contribution in [3.8, 4) is 11.6 Å². The summed E-state index contributed by atoms with van der Waals surface area (Å²) in [6.07, 6.45) is 1.98. The fourth-order valence-electron chi connectivity index (χ4n) is 3.06. The third-order valence-electron chi connectivity index (χ3n) is 4.56. The molecule has 1 amide bonds. The maximum atomic E-state index is 12.2. The van der Waals surface area contributed by atoms with Crippen LogP contribution in [0.2, 0.25) is 0 Å². The van der Waals surface area contributed by atoms with Crippen molar-refractivity contribution in [1.29, 1.82) is 0 Å². The molecule has 0 aromatic carbocycles. The number of rotatable bonds is 4. The molecule has 24 heavy (non-hydrogen) atoms. The van der Waals surface area contributed by atoms with Gasteiger partial charge in [-0.3, -0.25) is 19.9 Å². The number of carbonyl (C=O) groups is 1. The van der Waals surface area contributed by atoms with Crippen LogP contribution in [-0.2, 0) is 10.2 Å². The maximum absolute atomic E-state index is 12.2. The van der Waals surface area contributed by atoms with Gasteiger partial charge in [0, 0.05) is 30.6 Å². The second-order valence-electron chi connectivity index (χ2n) is 6.58. The Bertz CT molecular complexity index is 799. The van der Waals surface area contributed by atoms with Gasteiger partial charge in [-0.25, -0.2) is 0 Å². The predicted octanol–water partition coefficient (Wildman–Crippen LogP) is 0.897. The van der Waals surface area contributed by atoms with Crippen molar-refractivity contribution in [2.45, 2.75) is 24.8 Å². The third kappa shape index (κ3) is 2.32. The molecule has 0 bridgehead atoms. The maximum Gasteiger partial charge on any atom is 0.266 e. The van der Waals surface area contributed by atoms with E-state index in [0.29, 0.717) is 37.0 Å². The third-order valence-corrected chi connectivity index (χ3v) is 4.56. The summed E-state index contributed by atoms with van der Waals surface area (Å²) in [5.41, 5.74) is 0.174. The SMILES string of the molecule is CC1(c2nnc(-c3ccccn3)o2)CN(C(=O)[C@@H]2C[C@H]2[N+](=O)[O-])C1. The zero-order valence-electron chi connectivity index (χ0n) is 13.0. The van der Waals surface area contributed by atoms with Crippen molar-refractivity contribution in [3.63, 3.8) is 0 Å². The second kappa shape index (κ2) is 5.08. The van der Waals surface area contributed by atoms with Gasteiger partial charge in [-0.2, -0.15) is 0 Å². The van der Waals surface area contributed by atoms with E-state index in [0.717, 1.165) is 0 Å². The van der Waals surface area contributed by atoms with Gasteiger partial charge in [-0.15, -0.1) is 10.2 Å². The smallest absolute Gasteiger partial charge is 0.266 e. The molecule has 4 rings (SSSR count). The van der Waals surface area contributed by atoms with Gasteiger partial charge in [-0.1, -0.05) is 6.07 Å². The Hall–Kier alpha value is -2.84. The molecule has 9 nitrogen and oxygen atoms in total. The van der Waals surface area contributed by atoms with Gasteiger partial charge in [0.2, 0.25) is 17.8 Å². The predicted molar refractivity (Wildman–Crippen MR) is 80.4 cm³/mol. The average molecular weight is 329 g/mol. The standard InChI is InChI=1S/C15H15N5O4/c1-15(7-19(8-15)13(21)9-6-11(9)20(22)23)14-18-17-12(24-14)10-4-2-3-5-16-10/h2-5,9,11H,6-8H2,1H3/t9-,11-/m1/s1. The number of amides is 1. The molecule has 2 aromatic heterocycles. The molecule has 0 unspecified atom stereocenters. The first-order chi connectivity index (χ1) is 11.5. The van der Waals surface area contributed by atoms with Crippen molar-refractivity contribution in [2.24, 2.45) is 5.92 Å². The van der Waals surface area contributed by atoms with Crippen LogP contribution in [0.3, 0.4) is 0 Å². The van der Waals surface area contributed by atoms with E-state index in [9.17, 15) is 14.9 Å². The largest absolute Gasteiger partial charge is 0.419 e. The lowest BCUT2D eigenvalue weighted by Crippen LogP contribution is -2.60. The highest BCUT2D eigenvalue weighted by Gasteiger charge is 2.58. The molecule has 1 saturated heterocycles. The molecule has 2 atom stereocenters. The van der Waals surface area contributed by atoms with Crippen LogP contribution in [0.5, 0.6) is 0 Å². The van der Waals surface area contributed by atoms with Crippen LogP contribution in [0, 0.1) is 16.0 Å². The molecular weight excluding hydrogens is 314 g/mol. The molecule has 1 aliphatic carbocycles. The second-order valence-corrected chi connectivity index (χ2v) is 6.58. The van der Waals surface area contributed by atoms with E-state index in [1.807, 2.05) is 13.0 Å². The number of hydrogen-bond donors (Lipinski definition) is 0. The van der Waals surface area contributed by atoms with Crippen molar-refractivity contribution in [1.82, 2.24) is 20.1 Å². The average Bonchev–Trinajstić information content (AvgIpc) is 3.21. The minimum atomic E-state index is -0.719. The number of pyridine rings is 1. The minimum Gasteiger partial charge on any atom is -0.419 e. The summed E-state index contributed by atoms with van der Waals surface area (Å²) in [5, 5.41) is 18.8. The lowest BCUT2D eigenvalue weighted by molar-refractivity contribution is -0.497. The summed E-state index contributed by atoms with van der Waals surface area (Å²) >= 11 is 0. The molecule has 0 N–H and O–H groups in total. The summed E-state index contributed by atoms with van der Waals surface area (Å²) in [5.74, 6) is 0.163. The van der Waals surface area contributed by atoms with E-state index < -0.39 is 17.4 Å². The van der Waals surface area contributed by atoms with Crippen LogP contribution in [0.15, 0.2) is 28.8 Å². The molecule has 0 spiro atoms. The molecule has 9 heteroatoms. The van der Waals surface area contributed by atoms with Gasteiger partial charge in [-0.05, 0) is 19.1 Å². The van der Waals surface area contributed by atoms with Gasteiger partial charge in [0.15, 0.2) is 0 Å². The zero-order chi connectivity index (χ0) is 16.9. The highest BCUT2D eigenvalue weighted by atomic mass is 16.6. The van der Waals surface area contributed by atoms with Crippen LogP contribution in [-0.4, -0.2) is 50.0 Å². The van der Waals surface area contributed by atoms with Crippen LogP contribution in [0.1, 0.15) is 19.2 Å². The number of nitro groups is 1. The summed E-state index contributed by atoms with van der Waals surface area (Å²) in [4.78, 5) is 28.3. The summed E-state index contributed by atoms with van der Waals surface area (Å²) in [6.45, 7) is 2.79. The van der Waals surface area contributed by atoms with Crippen LogP contribution in [0.4, 0.5) is 0 Å². The lowest BCUT2D eigenvalue weighted by atomic mass is 9.81. The first-order valence-corrected chi connectivity index (χ1v) is 7.66. The number of nitrogens with zero attached hydrogens (tertiary/aromatic N) is 5. The van der Waals surface area contributed by atoms with Gasteiger partial charge in [0.05, 0.1) is 5.41 Å².